The van der Waals surface area contributed by atoms with E-state index < -0.39 is 0 Å². The van der Waals surface area contributed by atoms with Crippen molar-refractivity contribution in [2.45, 2.75) is 27.3 Å². The lowest BCUT2D eigenvalue weighted by Gasteiger charge is -2.12. The smallest absolute Gasteiger partial charge is 0.251 e. The average molecular weight is 282 g/mol. The molecule has 110 valence electrons. The van der Waals surface area contributed by atoms with E-state index in [2.05, 4.69) is 42.7 Å². The third-order valence-electron chi connectivity index (χ3n) is 3.48. The summed E-state index contributed by atoms with van der Waals surface area (Å²) in [5.41, 5.74) is 6.63. The molecule has 3 heteroatoms. The van der Waals surface area contributed by atoms with Gasteiger partial charge in [-0.05, 0) is 50.1 Å². The molecule has 0 heterocycles. The molecule has 0 spiro atoms. The van der Waals surface area contributed by atoms with Gasteiger partial charge in [-0.2, -0.15) is 0 Å². The molecule has 0 aliphatic carbocycles. The maximum atomic E-state index is 11.6. The zero-order valence-corrected chi connectivity index (χ0v) is 13.1. The van der Waals surface area contributed by atoms with Crippen molar-refractivity contribution in [1.29, 1.82) is 0 Å². The van der Waals surface area contributed by atoms with Gasteiger partial charge < -0.3 is 10.6 Å². The van der Waals surface area contributed by atoms with Crippen LogP contribution in [0.5, 0.6) is 0 Å². The van der Waals surface area contributed by atoms with E-state index in [-0.39, 0.29) is 5.91 Å². The van der Waals surface area contributed by atoms with Crippen molar-refractivity contribution in [3.05, 3.63) is 64.2 Å². The van der Waals surface area contributed by atoms with Gasteiger partial charge in [0.1, 0.15) is 0 Å². The Morgan fingerprint density at radius 2 is 1.67 bits per heavy atom. The highest BCUT2D eigenvalue weighted by Crippen LogP contribution is 2.18. The number of carbonyl (C=O) groups is 1. The minimum Gasteiger partial charge on any atom is -0.381 e. The largest absolute Gasteiger partial charge is 0.381 e. The van der Waals surface area contributed by atoms with Gasteiger partial charge in [0.25, 0.3) is 5.91 Å². The Morgan fingerprint density at radius 3 is 2.24 bits per heavy atom. The minimum absolute atomic E-state index is 0.0565. The van der Waals surface area contributed by atoms with Crippen LogP contribution in [0.25, 0.3) is 0 Å². The molecule has 2 aromatic rings. The first-order valence-corrected chi connectivity index (χ1v) is 7.13. The predicted octanol–water partition coefficient (Wildman–Crippen LogP) is 3.58. The highest BCUT2D eigenvalue weighted by molar-refractivity contribution is 5.94. The van der Waals surface area contributed by atoms with E-state index in [1.807, 2.05) is 25.1 Å². The molecule has 3 nitrogen and oxygen atoms in total. The summed E-state index contributed by atoms with van der Waals surface area (Å²) in [5, 5.41) is 6.08. The van der Waals surface area contributed by atoms with Crippen LogP contribution in [-0.4, -0.2) is 13.0 Å². The molecule has 0 aromatic heterocycles. The normalized spacial score (nSPS) is 10.3. The standard InChI is InChI=1S/C18H22N2O/c1-12-7-13(2)9-15(8-12)11-20-17-6-5-16(10-14(17)3)18(21)19-4/h5-10,20H,11H2,1-4H3,(H,19,21). The summed E-state index contributed by atoms with van der Waals surface area (Å²) >= 11 is 0. The van der Waals surface area contributed by atoms with E-state index in [1.165, 1.54) is 16.7 Å². The number of hydrogen-bond donors (Lipinski definition) is 2. The Hall–Kier alpha value is -2.29. The van der Waals surface area contributed by atoms with Crippen LogP contribution in [-0.2, 0) is 6.54 Å². The molecule has 2 rings (SSSR count). The molecule has 0 saturated heterocycles. The number of nitrogens with one attached hydrogen (secondary N) is 2. The molecule has 21 heavy (non-hydrogen) atoms. The van der Waals surface area contributed by atoms with Crippen molar-refractivity contribution in [2.24, 2.45) is 0 Å². The van der Waals surface area contributed by atoms with E-state index >= 15 is 0 Å². The van der Waals surface area contributed by atoms with Crippen molar-refractivity contribution in [3.8, 4) is 0 Å². The van der Waals surface area contributed by atoms with Crippen LogP contribution in [0.15, 0.2) is 36.4 Å². The second-order valence-electron chi connectivity index (χ2n) is 5.46. The summed E-state index contributed by atoms with van der Waals surface area (Å²) in [6, 6.07) is 12.3. The first-order chi connectivity index (χ1) is 9.99. The number of carbonyl (C=O) groups excluding carboxylic acids is 1. The van der Waals surface area contributed by atoms with Crippen LogP contribution in [0.2, 0.25) is 0 Å². The number of aryl methyl sites for hydroxylation is 3. The monoisotopic (exact) mass is 282 g/mol. The van der Waals surface area contributed by atoms with Crippen molar-refractivity contribution < 1.29 is 4.79 Å². The molecule has 2 aromatic carbocycles. The van der Waals surface area contributed by atoms with Crippen molar-refractivity contribution in [1.82, 2.24) is 5.32 Å². The van der Waals surface area contributed by atoms with E-state index in [9.17, 15) is 4.79 Å². The Labute approximate surface area is 126 Å². The fraction of sp³-hybridized carbons (Fsp3) is 0.278. The van der Waals surface area contributed by atoms with Gasteiger partial charge in [0, 0.05) is 24.8 Å². The second kappa shape index (κ2) is 6.44. The zero-order valence-electron chi connectivity index (χ0n) is 13.1. The highest BCUT2D eigenvalue weighted by atomic mass is 16.1. The van der Waals surface area contributed by atoms with Gasteiger partial charge in [-0.15, -0.1) is 0 Å². The Morgan fingerprint density at radius 1 is 1.00 bits per heavy atom. The number of anilines is 1. The molecule has 0 unspecified atom stereocenters. The van der Waals surface area contributed by atoms with E-state index in [4.69, 9.17) is 0 Å². The SMILES string of the molecule is CNC(=O)c1ccc(NCc2cc(C)cc(C)c2)c(C)c1. The summed E-state index contributed by atoms with van der Waals surface area (Å²) < 4.78 is 0. The molecule has 0 radical (unpaired) electrons. The van der Waals surface area contributed by atoms with Crippen LogP contribution in [0.1, 0.15) is 32.6 Å². The summed E-state index contributed by atoms with van der Waals surface area (Å²) in [5.74, 6) is -0.0565. The summed E-state index contributed by atoms with van der Waals surface area (Å²) in [7, 11) is 1.64. The van der Waals surface area contributed by atoms with Gasteiger partial charge in [-0.3, -0.25) is 4.79 Å². The van der Waals surface area contributed by atoms with E-state index in [1.54, 1.807) is 7.05 Å². The van der Waals surface area contributed by atoms with Gasteiger partial charge in [-0.25, -0.2) is 0 Å². The van der Waals surface area contributed by atoms with Crippen LogP contribution in [0.3, 0.4) is 0 Å². The van der Waals surface area contributed by atoms with Crippen LogP contribution in [0.4, 0.5) is 5.69 Å². The van der Waals surface area contributed by atoms with Gasteiger partial charge >= 0.3 is 0 Å². The molecule has 0 atom stereocenters. The van der Waals surface area contributed by atoms with Gasteiger partial charge in [0.05, 0.1) is 0 Å². The highest BCUT2D eigenvalue weighted by Gasteiger charge is 2.06. The van der Waals surface area contributed by atoms with Crippen molar-refractivity contribution in [3.63, 3.8) is 0 Å². The third kappa shape index (κ3) is 3.85. The third-order valence-corrected chi connectivity index (χ3v) is 3.48. The zero-order chi connectivity index (χ0) is 15.4. The van der Waals surface area contributed by atoms with Crippen molar-refractivity contribution >= 4 is 11.6 Å². The maximum absolute atomic E-state index is 11.6. The topological polar surface area (TPSA) is 41.1 Å². The first-order valence-electron chi connectivity index (χ1n) is 7.13. The molecular weight excluding hydrogens is 260 g/mol. The number of rotatable bonds is 4. The van der Waals surface area contributed by atoms with E-state index in [0.29, 0.717) is 5.56 Å². The molecule has 1 amide bonds. The molecule has 0 fully saturated rings. The molecule has 0 bridgehead atoms. The van der Waals surface area contributed by atoms with Gasteiger partial charge in [-0.1, -0.05) is 29.3 Å². The van der Waals surface area contributed by atoms with Gasteiger partial charge in [0.2, 0.25) is 0 Å². The van der Waals surface area contributed by atoms with Gasteiger partial charge in [0.15, 0.2) is 0 Å². The fourth-order valence-electron chi connectivity index (χ4n) is 2.52. The minimum atomic E-state index is -0.0565. The predicted molar refractivity (Wildman–Crippen MR) is 87.8 cm³/mol. The molecule has 0 aliphatic heterocycles. The van der Waals surface area contributed by atoms with Crippen molar-refractivity contribution in [2.75, 3.05) is 12.4 Å². The molecule has 0 saturated carbocycles. The second-order valence-corrected chi connectivity index (χ2v) is 5.46. The Kier molecular flexibility index (Phi) is 4.63. The molecular formula is C18H22N2O. The summed E-state index contributed by atoms with van der Waals surface area (Å²) in [6.45, 7) is 7.01. The Bertz CT molecular complexity index is 642. The summed E-state index contributed by atoms with van der Waals surface area (Å²) in [4.78, 5) is 11.6. The maximum Gasteiger partial charge on any atom is 0.251 e. The number of benzene rings is 2. The van der Waals surface area contributed by atoms with Crippen LogP contribution in [0, 0.1) is 20.8 Å². The number of hydrogen-bond acceptors (Lipinski definition) is 2. The first kappa shape index (κ1) is 15.1. The number of amides is 1. The fourth-order valence-corrected chi connectivity index (χ4v) is 2.52. The Balaban J connectivity index is 2.11. The molecule has 0 aliphatic rings. The lowest BCUT2D eigenvalue weighted by Crippen LogP contribution is -2.17. The van der Waals surface area contributed by atoms with Crippen LogP contribution >= 0.6 is 0 Å². The average Bonchev–Trinajstić information content (AvgIpc) is 2.44. The van der Waals surface area contributed by atoms with E-state index in [0.717, 1.165) is 17.8 Å². The lowest BCUT2D eigenvalue weighted by atomic mass is 10.1. The molecule has 2 N–H and O–H groups in total. The lowest BCUT2D eigenvalue weighted by molar-refractivity contribution is 0.0963. The summed E-state index contributed by atoms with van der Waals surface area (Å²) in [6.07, 6.45) is 0. The van der Waals surface area contributed by atoms with Crippen LogP contribution < -0.4 is 10.6 Å². The quantitative estimate of drug-likeness (QED) is 0.900.